The molecule has 2 N–H and O–H groups in total. The summed E-state index contributed by atoms with van der Waals surface area (Å²) in [4.78, 5) is 10.5. The van der Waals surface area contributed by atoms with Gasteiger partial charge in [-0.3, -0.25) is 0 Å². The second kappa shape index (κ2) is 5.42. The third kappa shape index (κ3) is 2.87. The Morgan fingerprint density at radius 2 is 1.93 bits per heavy atom. The quantitative estimate of drug-likeness (QED) is 0.775. The van der Waals surface area contributed by atoms with Crippen molar-refractivity contribution in [1.29, 1.82) is 0 Å². The van der Waals surface area contributed by atoms with Crippen molar-refractivity contribution >= 4 is 11.6 Å². The first-order valence-electron chi connectivity index (χ1n) is 5.10. The van der Waals surface area contributed by atoms with Gasteiger partial charge in [-0.05, 0) is 13.3 Å². The molecule has 0 radical (unpaired) electrons. The summed E-state index contributed by atoms with van der Waals surface area (Å²) >= 11 is 0. The largest absolute Gasteiger partial charge is 0.396 e. The third-order valence-corrected chi connectivity index (χ3v) is 2.10. The van der Waals surface area contributed by atoms with Crippen LogP contribution in [0.1, 0.15) is 26.7 Å². The van der Waals surface area contributed by atoms with Crippen LogP contribution in [0.3, 0.4) is 0 Å². The number of nitrogen functional groups attached to an aromatic ring is 1. The summed E-state index contributed by atoms with van der Waals surface area (Å²) in [5.74, 6) is 0.773. The Labute approximate surface area is 85.2 Å². The van der Waals surface area contributed by atoms with E-state index in [0.29, 0.717) is 5.69 Å². The minimum atomic E-state index is 0.611. The molecular formula is C10H18N4. The molecule has 0 aromatic carbocycles. The average Bonchev–Trinajstić information content (AvgIpc) is 2.21. The molecule has 0 amide bonds. The topological polar surface area (TPSA) is 55.0 Å². The van der Waals surface area contributed by atoms with E-state index in [1.54, 1.807) is 12.4 Å². The van der Waals surface area contributed by atoms with Crippen molar-refractivity contribution in [2.75, 3.05) is 23.7 Å². The highest BCUT2D eigenvalue weighted by Gasteiger charge is 2.05. The van der Waals surface area contributed by atoms with E-state index in [2.05, 4.69) is 28.7 Å². The van der Waals surface area contributed by atoms with Crippen LogP contribution >= 0.6 is 0 Å². The number of aromatic nitrogens is 2. The van der Waals surface area contributed by atoms with Gasteiger partial charge in [-0.15, -0.1) is 0 Å². The summed E-state index contributed by atoms with van der Waals surface area (Å²) in [6.07, 6.45) is 5.65. The Hall–Kier alpha value is -1.32. The number of rotatable bonds is 5. The number of nitrogens with two attached hydrogens (primary N) is 1. The van der Waals surface area contributed by atoms with E-state index < -0.39 is 0 Å². The molecule has 1 aromatic heterocycles. The first-order valence-corrected chi connectivity index (χ1v) is 5.10. The van der Waals surface area contributed by atoms with Crippen LogP contribution < -0.4 is 10.6 Å². The van der Waals surface area contributed by atoms with E-state index >= 15 is 0 Å². The molecule has 4 heteroatoms. The second-order valence-corrected chi connectivity index (χ2v) is 3.25. The summed E-state index contributed by atoms with van der Waals surface area (Å²) in [6, 6.07) is 0. The second-order valence-electron chi connectivity index (χ2n) is 3.25. The number of hydrogen-bond acceptors (Lipinski definition) is 4. The maximum atomic E-state index is 5.52. The fraction of sp³-hybridized carbons (Fsp3) is 0.600. The molecule has 0 saturated heterocycles. The Kier molecular flexibility index (Phi) is 4.16. The number of unbranched alkanes of at least 4 members (excludes halogenated alkanes) is 1. The summed E-state index contributed by atoms with van der Waals surface area (Å²) in [6.45, 7) is 6.23. The van der Waals surface area contributed by atoms with Crippen molar-refractivity contribution in [1.82, 2.24) is 9.97 Å². The zero-order chi connectivity index (χ0) is 10.4. The molecule has 1 heterocycles. The van der Waals surface area contributed by atoms with Crippen molar-refractivity contribution in [3.8, 4) is 0 Å². The maximum Gasteiger partial charge on any atom is 0.225 e. The highest BCUT2D eigenvalue weighted by atomic mass is 15.2. The molecule has 0 aliphatic carbocycles. The predicted octanol–water partition coefficient (Wildman–Crippen LogP) is 1.69. The van der Waals surface area contributed by atoms with Gasteiger partial charge in [0.15, 0.2) is 0 Å². The summed E-state index contributed by atoms with van der Waals surface area (Å²) in [7, 11) is 0. The number of anilines is 2. The summed E-state index contributed by atoms with van der Waals surface area (Å²) in [5, 5.41) is 0. The van der Waals surface area contributed by atoms with Gasteiger partial charge in [-0.1, -0.05) is 13.3 Å². The Morgan fingerprint density at radius 1 is 1.29 bits per heavy atom. The maximum absolute atomic E-state index is 5.52. The molecule has 14 heavy (non-hydrogen) atoms. The first kappa shape index (κ1) is 10.8. The van der Waals surface area contributed by atoms with E-state index in [1.165, 1.54) is 12.8 Å². The smallest absolute Gasteiger partial charge is 0.225 e. The van der Waals surface area contributed by atoms with Gasteiger partial charge in [0.1, 0.15) is 0 Å². The van der Waals surface area contributed by atoms with Crippen molar-refractivity contribution in [2.45, 2.75) is 26.7 Å². The fourth-order valence-corrected chi connectivity index (χ4v) is 1.24. The molecule has 0 aliphatic rings. The molecule has 0 aliphatic heterocycles. The van der Waals surface area contributed by atoms with Crippen LogP contribution in [0.2, 0.25) is 0 Å². The van der Waals surface area contributed by atoms with Gasteiger partial charge in [-0.2, -0.15) is 0 Å². The molecule has 0 fully saturated rings. The molecule has 0 unspecified atom stereocenters. The van der Waals surface area contributed by atoms with Gasteiger partial charge in [0.2, 0.25) is 5.95 Å². The van der Waals surface area contributed by atoms with Crippen molar-refractivity contribution in [3.63, 3.8) is 0 Å². The predicted molar refractivity (Wildman–Crippen MR) is 59.2 cm³/mol. The zero-order valence-corrected chi connectivity index (χ0v) is 8.90. The van der Waals surface area contributed by atoms with Crippen LogP contribution in [0.5, 0.6) is 0 Å². The highest BCUT2D eigenvalue weighted by molar-refractivity contribution is 5.37. The molecule has 4 nitrogen and oxygen atoms in total. The van der Waals surface area contributed by atoms with Gasteiger partial charge < -0.3 is 10.6 Å². The van der Waals surface area contributed by atoms with E-state index in [0.717, 1.165) is 19.0 Å². The minimum absolute atomic E-state index is 0.611. The van der Waals surface area contributed by atoms with E-state index in [9.17, 15) is 0 Å². The lowest BCUT2D eigenvalue weighted by molar-refractivity contribution is 0.714. The fourth-order valence-electron chi connectivity index (χ4n) is 1.24. The number of nitrogens with zero attached hydrogens (tertiary/aromatic N) is 3. The monoisotopic (exact) mass is 194 g/mol. The van der Waals surface area contributed by atoms with Crippen molar-refractivity contribution in [3.05, 3.63) is 12.4 Å². The molecule has 0 spiro atoms. The number of hydrogen-bond donors (Lipinski definition) is 1. The van der Waals surface area contributed by atoms with Crippen molar-refractivity contribution < 1.29 is 0 Å². The van der Waals surface area contributed by atoms with Crippen LogP contribution in [-0.2, 0) is 0 Å². The van der Waals surface area contributed by atoms with Gasteiger partial charge in [0.05, 0.1) is 18.1 Å². The Morgan fingerprint density at radius 3 is 2.43 bits per heavy atom. The lowest BCUT2D eigenvalue weighted by Crippen LogP contribution is -2.25. The third-order valence-electron chi connectivity index (χ3n) is 2.10. The van der Waals surface area contributed by atoms with Crippen LogP contribution in [0.15, 0.2) is 12.4 Å². The zero-order valence-electron chi connectivity index (χ0n) is 8.90. The molecule has 0 atom stereocenters. The summed E-state index contributed by atoms with van der Waals surface area (Å²) < 4.78 is 0. The van der Waals surface area contributed by atoms with Gasteiger partial charge >= 0.3 is 0 Å². The normalized spacial score (nSPS) is 10.1. The lowest BCUT2D eigenvalue weighted by Gasteiger charge is -2.19. The molecule has 1 aromatic rings. The van der Waals surface area contributed by atoms with Gasteiger partial charge in [0.25, 0.3) is 0 Å². The van der Waals surface area contributed by atoms with E-state index in [4.69, 9.17) is 5.73 Å². The Bertz CT molecular complexity index is 257. The Balaban J connectivity index is 2.64. The molecule has 0 bridgehead atoms. The standard InChI is InChI=1S/C10H18N4/c1-3-5-6-14(4-2)10-12-7-9(11)8-13-10/h7-8H,3-6,11H2,1-2H3. The summed E-state index contributed by atoms with van der Waals surface area (Å²) in [5.41, 5.74) is 6.14. The minimum Gasteiger partial charge on any atom is -0.396 e. The van der Waals surface area contributed by atoms with Crippen LogP contribution in [-0.4, -0.2) is 23.1 Å². The molecule has 0 saturated carbocycles. The lowest BCUT2D eigenvalue weighted by atomic mass is 10.3. The van der Waals surface area contributed by atoms with Crippen LogP contribution in [0.25, 0.3) is 0 Å². The van der Waals surface area contributed by atoms with Crippen molar-refractivity contribution in [2.24, 2.45) is 0 Å². The van der Waals surface area contributed by atoms with Gasteiger partial charge in [0, 0.05) is 13.1 Å². The SMILES string of the molecule is CCCCN(CC)c1ncc(N)cn1. The van der Waals surface area contributed by atoms with Crippen LogP contribution in [0, 0.1) is 0 Å². The highest BCUT2D eigenvalue weighted by Crippen LogP contribution is 2.08. The molecule has 78 valence electrons. The molecule has 1 rings (SSSR count). The van der Waals surface area contributed by atoms with E-state index in [-0.39, 0.29) is 0 Å². The first-order chi connectivity index (χ1) is 6.77. The average molecular weight is 194 g/mol. The van der Waals surface area contributed by atoms with E-state index in [1.807, 2.05) is 0 Å². The van der Waals surface area contributed by atoms with Crippen LogP contribution in [0.4, 0.5) is 11.6 Å². The van der Waals surface area contributed by atoms with Gasteiger partial charge in [-0.25, -0.2) is 9.97 Å². The molecular weight excluding hydrogens is 176 g/mol.